The maximum atomic E-state index is 13.3. The first-order chi connectivity index (χ1) is 15.4. The summed E-state index contributed by atoms with van der Waals surface area (Å²) >= 11 is 0. The lowest BCUT2D eigenvalue weighted by Crippen LogP contribution is -2.31. The van der Waals surface area contributed by atoms with E-state index in [1.807, 2.05) is 0 Å². The van der Waals surface area contributed by atoms with E-state index in [4.69, 9.17) is 18.9 Å². The zero-order chi connectivity index (χ0) is 23.2. The second-order valence-electron chi connectivity index (χ2n) is 7.65. The first-order valence-electron chi connectivity index (χ1n) is 10.0. The zero-order valence-electron chi connectivity index (χ0n) is 18.5. The average molecular weight is 440 g/mol. The van der Waals surface area contributed by atoms with Crippen molar-refractivity contribution in [3.8, 4) is 23.0 Å². The SMILES string of the molecule is COc1ccc2c(c1)[n+](=O)c(C(=O)C1CC1c1cc(OC)c(OC)c(OC)c1)c(C)n2[O-]. The van der Waals surface area contributed by atoms with Gasteiger partial charge in [-0.15, -0.1) is 0 Å². The second kappa shape index (κ2) is 8.07. The van der Waals surface area contributed by atoms with Crippen molar-refractivity contribution >= 4 is 16.8 Å². The lowest BCUT2D eigenvalue weighted by Gasteiger charge is -2.16. The van der Waals surface area contributed by atoms with E-state index in [0.29, 0.717) is 38.6 Å². The Hall–Kier alpha value is -3.75. The molecule has 1 saturated carbocycles. The van der Waals surface area contributed by atoms with Gasteiger partial charge < -0.3 is 28.9 Å². The van der Waals surface area contributed by atoms with E-state index in [-0.39, 0.29) is 34.1 Å². The van der Waals surface area contributed by atoms with Crippen molar-refractivity contribution in [1.29, 1.82) is 0 Å². The minimum atomic E-state index is -0.431. The third kappa shape index (κ3) is 3.30. The molecular weight excluding hydrogens is 416 g/mol. The van der Waals surface area contributed by atoms with Crippen LogP contribution in [0.15, 0.2) is 30.3 Å². The largest absolute Gasteiger partial charge is 0.805 e. The Morgan fingerprint density at radius 2 is 1.69 bits per heavy atom. The van der Waals surface area contributed by atoms with Gasteiger partial charge in [0.2, 0.25) is 11.5 Å². The molecule has 1 fully saturated rings. The van der Waals surface area contributed by atoms with E-state index in [1.165, 1.54) is 47.5 Å². The molecule has 2 unspecified atom stereocenters. The Morgan fingerprint density at radius 3 is 2.25 bits per heavy atom. The van der Waals surface area contributed by atoms with Crippen LogP contribution in [0, 0.1) is 23.0 Å². The van der Waals surface area contributed by atoms with E-state index in [1.54, 1.807) is 18.2 Å². The van der Waals surface area contributed by atoms with Crippen LogP contribution < -0.4 is 23.4 Å². The molecule has 1 aromatic heterocycles. The van der Waals surface area contributed by atoms with Crippen LogP contribution in [0.5, 0.6) is 23.0 Å². The number of methoxy groups -OCH3 is 4. The highest BCUT2D eigenvalue weighted by atomic mass is 16.5. The lowest BCUT2D eigenvalue weighted by atomic mass is 10.0. The number of carbonyl (C=O) groups excluding carboxylic acids is 1. The number of carbonyl (C=O) groups is 1. The molecule has 0 N–H and O–H groups in total. The average Bonchev–Trinajstić information content (AvgIpc) is 3.62. The second-order valence-corrected chi connectivity index (χ2v) is 7.65. The third-order valence-electron chi connectivity index (χ3n) is 5.95. The highest BCUT2D eigenvalue weighted by Gasteiger charge is 2.49. The van der Waals surface area contributed by atoms with Crippen molar-refractivity contribution in [3.05, 3.63) is 57.4 Å². The molecule has 0 spiro atoms. The fraction of sp³-hybridized carbons (Fsp3) is 0.348. The molecule has 1 aliphatic carbocycles. The van der Waals surface area contributed by atoms with Crippen LogP contribution in [0.2, 0.25) is 0 Å². The predicted octanol–water partition coefficient (Wildman–Crippen LogP) is 3.23. The molecule has 4 rings (SSSR count). The minimum absolute atomic E-state index is 0.0678. The predicted molar refractivity (Wildman–Crippen MR) is 117 cm³/mol. The van der Waals surface area contributed by atoms with Gasteiger partial charge in [-0.25, -0.2) is 0 Å². The minimum Gasteiger partial charge on any atom is -0.805 e. The molecule has 3 aromatic rings. The first kappa shape index (κ1) is 21.5. The zero-order valence-corrected chi connectivity index (χ0v) is 18.5. The number of benzene rings is 2. The van der Waals surface area contributed by atoms with Crippen LogP contribution in [-0.4, -0.2) is 39.0 Å². The van der Waals surface area contributed by atoms with Gasteiger partial charge in [-0.2, -0.15) is 0 Å². The number of ketones is 1. The van der Waals surface area contributed by atoms with E-state index in [9.17, 15) is 14.9 Å². The van der Waals surface area contributed by atoms with Gasteiger partial charge >= 0.3 is 5.69 Å². The standard InChI is InChI=1S/C23H24N2O7/c1-12-21(25(28)18-10-14(29-2)6-7-17(18)24(12)27)22(26)16-11-15(16)13-8-19(30-3)23(32-5)20(9-13)31-4/h6-10,15-16H,11H2,1-5H3. The smallest absolute Gasteiger partial charge is 0.325 e. The van der Waals surface area contributed by atoms with Gasteiger partial charge in [-0.05, 0) is 49.1 Å². The fourth-order valence-corrected chi connectivity index (χ4v) is 4.13. The Morgan fingerprint density at radius 1 is 1.03 bits per heavy atom. The van der Waals surface area contributed by atoms with Crippen molar-refractivity contribution in [2.45, 2.75) is 19.3 Å². The van der Waals surface area contributed by atoms with Crippen molar-refractivity contribution in [3.63, 3.8) is 0 Å². The van der Waals surface area contributed by atoms with Gasteiger partial charge in [0.05, 0.1) is 44.6 Å². The summed E-state index contributed by atoms with van der Waals surface area (Å²) in [4.78, 5) is 26.4. The van der Waals surface area contributed by atoms with Crippen LogP contribution in [0.25, 0.3) is 11.0 Å². The normalized spacial score (nSPS) is 17.2. The molecule has 0 amide bonds. The quantitative estimate of drug-likeness (QED) is 0.410. The van der Waals surface area contributed by atoms with Gasteiger partial charge in [0, 0.05) is 10.8 Å². The summed E-state index contributed by atoms with van der Waals surface area (Å²) in [6.45, 7) is 1.48. The molecule has 2 aromatic carbocycles. The number of nitrogens with zero attached hydrogens (tertiary/aromatic N) is 2. The van der Waals surface area contributed by atoms with Gasteiger partial charge in [0.1, 0.15) is 11.3 Å². The number of Topliss-reactive ketones (excluding diaryl/α,β-unsaturated/α-hetero) is 1. The maximum Gasteiger partial charge on any atom is 0.325 e. The lowest BCUT2D eigenvalue weighted by molar-refractivity contribution is -0.468. The Labute approximate surface area is 184 Å². The number of rotatable bonds is 7. The number of ether oxygens (including phenoxy) is 4. The topological polar surface area (TPSA) is 105 Å². The molecule has 1 aliphatic rings. The number of fused-ring (bicyclic) bond motifs is 1. The van der Waals surface area contributed by atoms with E-state index >= 15 is 0 Å². The monoisotopic (exact) mass is 440 g/mol. The summed E-state index contributed by atoms with van der Waals surface area (Å²) in [5, 5.41) is 12.8. The highest BCUT2D eigenvalue weighted by Crippen LogP contribution is 2.52. The Kier molecular flexibility index (Phi) is 5.41. The van der Waals surface area contributed by atoms with Gasteiger partial charge in [0.25, 0.3) is 5.52 Å². The number of aromatic nitrogens is 2. The van der Waals surface area contributed by atoms with Crippen LogP contribution in [0.1, 0.15) is 34.1 Å². The van der Waals surface area contributed by atoms with E-state index < -0.39 is 5.92 Å². The van der Waals surface area contributed by atoms with Crippen LogP contribution in [-0.2, 0) is 0 Å². The van der Waals surface area contributed by atoms with Gasteiger partial charge in [0.15, 0.2) is 11.5 Å². The molecule has 168 valence electrons. The van der Waals surface area contributed by atoms with Crippen molar-refractivity contribution in [1.82, 2.24) is 4.73 Å². The van der Waals surface area contributed by atoms with Crippen molar-refractivity contribution < 1.29 is 28.2 Å². The summed E-state index contributed by atoms with van der Waals surface area (Å²) in [5.74, 6) is 0.940. The van der Waals surface area contributed by atoms with Gasteiger partial charge in [-0.1, -0.05) is 0 Å². The summed E-state index contributed by atoms with van der Waals surface area (Å²) in [6, 6.07) is 8.16. The molecule has 32 heavy (non-hydrogen) atoms. The van der Waals surface area contributed by atoms with Crippen molar-refractivity contribution in [2.75, 3.05) is 28.4 Å². The summed E-state index contributed by atoms with van der Waals surface area (Å²) < 4.78 is 22.5. The molecule has 0 radical (unpaired) electrons. The highest BCUT2D eigenvalue weighted by molar-refractivity contribution is 5.99. The van der Waals surface area contributed by atoms with Gasteiger partial charge in [-0.3, -0.25) is 4.79 Å². The first-order valence-corrected chi connectivity index (χ1v) is 10.0. The molecule has 2 atom stereocenters. The van der Waals surface area contributed by atoms with E-state index in [0.717, 1.165) is 5.56 Å². The Balaban J connectivity index is 1.74. The Bertz CT molecular complexity index is 1260. The van der Waals surface area contributed by atoms with Crippen molar-refractivity contribution in [2.24, 2.45) is 5.92 Å². The summed E-state index contributed by atoms with van der Waals surface area (Å²) in [5.41, 5.74) is 1.01. The maximum absolute atomic E-state index is 13.3. The number of hydrogen-bond donors (Lipinski definition) is 0. The molecule has 9 nitrogen and oxygen atoms in total. The molecule has 0 saturated heterocycles. The molecule has 1 heterocycles. The molecule has 9 heteroatoms. The molecule has 0 bridgehead atoms. The molecular formula is C23H24N2O7. The van der Waals surface area contributed by atoms with Crippen LogP contribution in [0.3, 0.4) is 0 Å². The molecule has 0 aliphatic heterocycles. The summed E-state index contributed by atoms with van der Waals surface area (Å²) in [7, 11) is 6.04. The third-order valence-corrected chi connectivity index (χ3v) is 5.95. The van der Waals surface area contributed by atoms with E-state index in [2.05, 4.69) is 0 Å². The fourth-order valence-electron chi connectivity index (χ4n) is 4.13. The van der Waals surface area contributed by atoms with Crippen LogP contribution >= 0.6 is 0 Å². The number of hydrogen-bond acceptors (Lipinski definition) is 7. The van der Waals surface area contributed by atoms with Crippen LogP contribution in [0.4, 0.5) is 0 Å². The summed E-state index contributed by atoms with van der Waals surface area (Å²) in [6.07, 6.45) is 0.548.